The first kappa shape index (κ1) is 20.7. The van der Waals surface area contributed by atoms with Crippen LogP contribution in [0.15, 0.2) is 42.7 Å². The number of aryl methyl sites for hydroxylation is 1. The number of carbonyl (C=O) groups excluding carboxylic acids is 1. The standard InChI is InChI=1S/C23H23FN6O/c1-15-5-6-17(11-27-15)19-13-30(14-22(31)29-9-3-4-18(25)12-29)28-23(19)16-7-8-21(26-2)20(24)10-16/h5-8,10-11,13,18H,3-4,9,12,14,25H2,1H3/t18-/m1/s1. The first-order valence-electron chi connectivity index (χ1n) is 10.2. The van der Waals surface area contributed by atoms with Crippen LogP contribution in [-0.4, -0.2) is 44.7 Å². The van der Waals surface area contributed by atoms with Gasteiger partial charge in [0.2, 0.25) is 11.6 Å². The molecule has 0 spiro atoms. The predicted molar refractivity (Wildman–Crippen MR) is 116 cm³/mol. The average molecular weight is 418 g/mol. The molecular weight excluding hydrogens is 395 g/mol. The molecule has 0 aliphatic carbocycles. The summed E-state index contributed by atoms with van der Waals surface area (Å²) in [6.07, 6.45) is 5.33. The SMILES string of the molecule is [C-]#[N+]c1ccc(-c2nn(CC(=O)N3CCC[C@@H](N)C3)cc2-c2ccc(C)nc2)cc1F. The third kappa shape index (κ3) is 4.47. The third-order valence-corrected chi connectivity index (χ3v) is 5.43. The molecule has 7 nitrogen and oxygen atoms in total. The van der Waals surface area contributed by atoms with E-state index in [2.05, 4.69) is 14.9 Å². The molecule has 1 atom stereocenters. The van der Waals surface area contributed by atoms with E-state index in [0.29, 0.717) is 24.3 Å². The minimum Gasteiger partial charge on any atom is -0.340 e. The second kappa shape index (κ2) is 8.66. The van der Waals surface area contributed by atoms with Crippen LogP contribution < -0.4 is 5.73 Å². The number of piperidine rings is 1. The lowest BCUT2D eigenvalue weighted by molar-refractivity contribution is -0.133. The lowest BCUT2D eigenvalue weighted by Gasteiger charge is -2.30. The van der Waals surface area contributed by atoms with Crippen LogP contribution in [0.1, 0.15) is 18.5 Å². The Morgan fingerprint density at radius 3 is 2.81 bits per heavy atom. The fourth-order valence-corrected chi connectivity index (χ4v) is 3.77. The van der Waals surface area contributed by atoms with Crippen LogP contribution in [0.2, 0.25) is 0 Å². The summed E-state index contributed by atoms with van der Waals surface area (Å²) >= 11 is 0. The Balaban J connectivity index is 1.70. The number of pyridine rings is 1. The van der Waals surface area contributed by atoms with Gasteiger partial charge in [0.05, 0.1) is 6.57 Å². The Labute approximate surface area is 180 Å². The number of amides is 1. The molecule has 0 radical (unpaired) electrons. The van der Waals surface area contributed by atoms with E-state index in [1.54, 1.807) is 28.0 Å². The highest BCUT2D eigenvalue weighted by Gasteiger charge is 2.23. The molecule has 3 heterocycles. The van der Waals surface area contributed by atoms with Crippen molar-refractivity contribution in [2.75, 3.05) is 13.1 Å². The number of halogens is 1. The summed E-state index contributed by atoms with van der Waals surface area (Å²) in [6, 6.07) is 8.22. The van der Waals surface area contributed by atoms with E-state index < -0.39 is 5.82 Å². The van der Waals surface area contributed by atoms with Crippen molar-refractivity contribution >= 4 is 11.6 Å². The second-order valence-electron chi connectivity index (χ2n) is 7.80. The first-order valence-corrected chi connectivity index (χ1v) is 10.2. The van der Waals surface area contributed by atoms with Gasteiger partial charge in [-0.3, -0.25) is 14.5 Å². The number of hydrogen-bond acceptors (Lipinski definition) is 4. The summed E-state index contributed by atoms with van der Waals surface area (Å²) in [5, 5.41) is 4.60. The van der Waals surface area contributed by atoms with E-state index in [0.717, 1.165) is 29.7 Å². The number of hydrogen-bond donors (Lipinski definition) is 1. The average Bonchev–Trinajstić information content (AvgIpc) is 3.18. The number of carbonyl (C=O) groups is 1. The molecule has 1 saturated heterocycles. The quantitative estimate of drug-likeness (QED) is 0.657. The Morgan fingerprint density at radius 2 is 2.13 bits per heavy atom. The maximum Gasteiger partial charge on any atom is 0.244 e. The Hall–Kier alpha value is -3.57. The maximum absolute atomic E-state index is 14.3. The summed E-state index contributed by atoms with van der Waals surface area (Å²) in [4.78, 5) is 22.1. The molecule has 158 valence electrons. The number of nitrogens with two attached hydrogens (primary N) is 1. The van der Waals surface area contributed by atoms with Crippen molar-refractivity contribution in [2.24, 2.45) is 5.73 Å². The van der Waals surface area contributed by atoms with Gasteiger partial charge in [0.25, 0.3) is 0 Å². The fraction of sp³-hybridized carbons (Fsp3) is 0.304. The van der Waals surface area contributed by atoms with Crippen molar-refractivity contribution in [2.45, 2.75) is 32.4 Å². The zero-order valence-electron chi connectivity index (χ0n) is 17.3. The van der Waals surface area contributed by atoms with Gasteiger partial charge in [-0.1, -0.05) is 18.2 Å². The maximum atomic E-state index is 14.3. The Kier molecular flexibility index (Phi) is 5.78. The monoisotopic (exact) mass is 418 g/mol. The Morgan fingerprint density at radius 1 is 1.32 bits per heavy atom. The lowest BCUT2D eigenvalue weighted by Crippen LogP contribution is -2.46. The molecule has 1 amide bonds. The zero-order valence-corrected chi connectivity index (χ0v) is 17.3. The molecule has 1 aliphatic rings. The summed E-state index contributed by atoms with van der Waals surface area (Å²) in [5.74, 6) is -0.652. The van der Waals surface area contributed by atoms with Gasteiger partial charge in [-0.2, -0.15) is 5.10 Å². The van der Waals surface area contributed by atoms with Gasteiger partial charge in [0, 0.05) is 53.9 Å². The third-order valence-electron chi connectivity index (χ3n) is 5.43. The van der Waals surface area contributed by atoms with E-state index in [1.807, 2.05) is 19.1 Å². The van der Waals surface area contributed by atoms with E-state index in [-0.39, 0.29) is 24.2 Å². The van der Waals surface area contributed by atoms with Gasteiger partial charge >= 0.3 is 0 Å². The number of benzene rings is 1. The molecule has 1 fully saturated rings. The van der Waals surface area contributed by atoms with Crippen LogP contribution in [0.25, 0.3) is 27.2 Å². The number of likely N-dealkylation sites (tertiary alicyclic amines) is 1. The lowest BCUT2D eigenvalue weighted by atomic mass is 10.0. The van der Waals surface area contributed by atoms with Crippen molar-refractivity contribution < 1.29 is 9.18 Å². The van der Waals surface area contributed by atoms with Gasteiger partial charge in [-0.15, -0.1) is 0 Å². The molecule has 4 rings (SSSR count). The molecule has 31 heavy (non-hydrogen) atoms. The van der Waals surface area contributed by atoms with Gasteiger partial charge < -0.3 is 10.6 Å². The van der Waals surface area contributed by atoms with E-state index >= 15 is 0 Å². The van der Waals surface area contributed by atoms with Gasteiger partial charge in [0.1, 0.15) is 18.1 Å². The normalized spacial score (nSPS) is 16.2. The summed E-state index contributed by atoms with van der Waals surface area (Å²) in [5.41, 5.74) is 9.46. The van der Waals surface area contributed by atoms with Crippen molar-refractivity contribution in [3.8, 4) is 22.4 Å². The highest BCUT2D eigenvalue weighted by Crippen LogP contribution is 2.33. The molecule has 1 aliphatic heterocycles. The molecule has 8 heteroatoms. The van der Waals surface area contributed by atoms with E-state index in [9.17, 15) is 9.18 Å². The zero-order chi connectivity index (χ0) is 22.0. The predicted octanol–water partition coefficient (Wildman–Crippen LogP) is 3.56. The van der Waals surface area contributed by atoms with Crippen molar-refractivity contribution in [3.05, 3.63) is 65.7 Å². The van der Waals surface area contributed by atoms with Crippen molar-refractivity contribution in [1.82, 2.24) is 19.7 Å². The fourth-order valence-electron chi connectivity index (χ4n) is 3.77. The number of nitrogens with zero attached hydrogens (tertiary/aromatic N) is 5. The summed E-state index contributed by atoms with van der Waals surface area (Å²) < 4.78 is 15.9. The van der Waals surface area contributed by atoms with Crippen molar-refractivity contribution in [3.63, 3.8) is 0 Å². The van der Waals surface area contributed by atoms with E-state index in [4.69, 9.17) is 12.3 Å². The number of aromatic nitrogens is 3. The highest BCUT2D eigenvalue weighted by molar-refractivity contribution is 5.82. The van der Waals surface area contributed by atoms with Crippen LogP contribution >= 0.6 is 0 Å². The van der Waals surface area contributed by atoms with Crippen molar-refractivity contribution in [1.29, 1.82) is 0 Å². The molecule has 2 aromatic heterocycles. The molecule has 0 saturated carbocycles. The summed E-state index contributed by atoms with van der Waals surface area (Å²) in [6.45, 7) is 10.3. The van der Waals surface area contributed by atoms with Gasteiger partial charge in [-0.05, 0) is 31.9 Å². The first-order chi connectivity index (χ1) is 14.9. The molecule has 1 aromatic carbocycles. The molecule has 2 N–H and O–H groups in total. The van der Waals surface area contributed by atoms with Crippen LogP contribution in [0.4, 0.5) is 10.1 Å². The minimum absolute atomic E-state index is 0.00372. The smallest absolute Gasteiger partial charge is 0.244 e. The molecular formula is C23H23FN6O. The summed E-state index contributed by atoms with van der Waals surface area (Å²) in [7, 11) is 0. The van der Waals surface area contributed by atoms with Crippen LogP contribution in [0, 0.1) is 19.3 Å². The molecule has 0 unspecified atom stereocenters. The minimum atomic E-state index is -0.603. The largest absolute Gasteiger partial charge is 0.340 e. The topological polar surface area (TPSA) is 81.4 Å². The van der Waals surface area contributed by atoms with E-state index in [1.165, 1.54) is 12.1 Å². The highest BCUT2D eigenvalue weighted by atomic mass is 19.1. The van der Waals surface area contributed by atoms with Crippen LogP contribution in [0.3, 0.4) is 0 Å². The molecule has 0 bridgehead atoms. The number of rotatable bonds is 4. The Bertz CT molecular complexity index is 1150. The van der Waals surface area contributed by atoms with Gasteiger partial charge in [0.15, 0.2) is 0 Å². The van der Waals surface area contributed by atoms with Crippen LogP contribution in [-0.2, 0) is 11.3 Å². The second-order valence-corrected chi connectivity index (χ2v) is 7.80. The van der Waals surface area contributed by atoms with Gasteiger partial charge in [-0.25, -0.2) is 9.24 Å². The van der Waals surface area contributed by atoms with Crippen LogP contribution in [0.5, 0.6) is 0 Å². The molecule has 3 aromatic rings.